The molecule has 4 heteroatoms. The van der Waals surface area contributed by atoms with E-state index in [-0.39, 0.29) is 6.04 Å². The summed E-state index contributed by atoms with van der Waals surface area (Å²) >= 11 is 6.00. The highest BCUT2D eigenvalue weighted by atomic mass is 35.5. The summed E-state index contributed by atoms with van der Waals surface area (Å²) in [5.74, 6) is 0. The van der Waals surface area contributed by atoms with E-state index in [4.69, 9.17) is 17.3 Å². The number of nitrogens with two attached hydrogens (primary N) is 1. The first-order valence-corrected chi connectivity index (χ1v) is 4.90. The van der Waals surface area contributed by atoms with E-state index in [2.05, 4.69) is 18.9 Å². The monoisotopic (exact) mass is 209 g/mol. The molecule has 0 fully saturated rings. The van der Waals surface area contributed by atoms with Crippen LogP contribution in [0, 0.1) is 0 Å². The first-order chi connectivity index (χ1) is 6.59. The Kier molecular flexibility index (Phi) is 2.11. The van der Waals surface area contributed by atoms with Gasteiger partial charge in [0.15, 0.2) is 5.15 Å². The van der Waals surface area contributed by atoms with Crippen LogP contribution in [0.15, 0.2) is 18.2 Å². The van der Waals surface area contributed by atoms with E-state index >= 15 is 0 Å². The maximum Gasteiger partial charge on any atom is 0.158 e. The lowest BCUT2D eigenvalue weighted by Gasteiger charge is -2.06. The van der Waals surface area contributed by atoms with Crippen LogP contribution in [0.4, 0.5) is 5.69 Å². The lowest BCUT2D eigenvalue weighted by atomic mass is 10.2. The second-order valence-corrected chi connectivity index (χ2v) is 3.96. The third-order valence-corrected chi connectivity index (χ3v) is 2.45. The van der Waals surface area contributed by atoms with Gasteiger partial charge in [0.05, 0.1) is 5.52 Å². The third-order valence-electron chi connectivity index (χ3n) is 2.18. The Hall–Kier alpha value is -1.22. The predicted molar refractivity (Wildman–Crippen MR) is 59.5 cm³/mol. The quantitative estimate of drug-likeness (QED) is 0.734. The van der Waals surface area contributed by atoms with Crippen molar-refractivity contribution >= 4 is 28.2 Å². The molecule has 0 spiro atoms. The summed E-state index contributed by atoms with van der Waals surface area (Å²) in [6, 6.07) is 5.92. The second-order valence-electron chi connectivity index (χ2n) is 3.61. The van der Waals surface area contributed by atoms with Crippen molar-refractivity contribution in [1.29, 1.82) is 0 Å². The zero-order valence-corrected chi connectivity index (χ0v) is 8.92. The molecule has 1 aromatic carbocycles. The largest absolute Gasteiger partial charge is 0.399 e. The van der Waals surface area contributed by atoms with E-state index in [1.165, 1.54) is 0 Å². The molecule has 0 atom stereocenters. The molecule has 0 saturated heterocycles. The van der Waals surface area contributed by atoms with Gasteiger partial charge < -0.3 is 5.73 Å². The number of nitrogen functional groups attached to an aromatic ring is 1. The van der Waals surface area contributed by atoms with Crippen molar-refractivity contribution in [2.24, 2.45) is 0 Å². The minimum absolute atomic E-state index is 0.284. The van der Waals surface area contributed by atoms with Crippen molar-refractivity contribution in [2.75, 3.05) is 5.73 Å². The van der Waals surface area contributed by atoms with Gasteiger partial charge in [-0.1, -0.05) is 11.6 Å². The molecule has 1 aromatic heterocycles. The van der Waals surface area contributed by atoms with Crippen molar-refractivity contribution in [3.8, 4) is 0 Å². The fourth-order valence-electron chi connectivity index (χ4n) is 1.51. The fourth-order valence-corrected chi connectivity index (χ4v) is 1.75. The minimum atomic E-state index is 0.284. The summed E-state index contributed by atoms with van der Waals surface area (Å²) in [7, 11) is 0. The van der Waals surface area contributed by atoms with Gasteiger partial charge >= 0.3 is 0 Å². The Labute approximate surface area is 87.5 Å². The maximum atomic E-state index is 6.00. The Morgan fingerprint density at radius 3 is 2.79 bits per heavy atom. The second kappa shape index (κ2) is 3.17. The minimum Gasteiger partial charge on any atom is -0.399 e. The van der Waals surface area contributed by atoms with Gasteiger partial charge in [0, 0.05) is 17.1 Å². The summed E-state index contributed by atoms with van der Waals surface area (Å²) in [5.41, 5.74) is 7.44. The topological polar surface area (TPSA) is 43.8 Å². The lowest BCUT2D eigenvalue weighted by Crippen LogP contribution is -2.02. The van der Waals surface area contributed by atoms with Crippen LogP contribution in [0.1, 0.15) is 19.9 Å². The van der Waals surface area contributed by atoms with Crippen LogP contribution in [-0.4, -0.2) is 9.78 Å². The molecule has 0 unspecified atom stereocenters. The van der Waals surface area contributed by atoms with Crippen LogP contribution in [-0.2, 0) is 0 Å². The van der Waals surface area contributed by atoms with Gasteiger partial charge in [-0.2, -0.15) is 5.10 Å². The van der Waals surface area contributed by atoms with Gasteiger partial charge in [0.25, 0.3) is 0 Å². The Balaban J connectivity index is 2.79. The first kappa shape index (κ1) is 9.34. The van der Waals surface area contributed by atoms with Gasteiger partial charge in [0.1, 0.15) is 0 Å². The highest BCUT2D eigenvalue weighted by molar-refractivity contribution is 6.34. The van der Waals surface area contributed by atoms with Crippen molar-refractivity contribution < 1.29 is 0 Å². The number of hydrogen-bond donors (Lipinski definition) is 1. The van der Waals surface area contributed by atoms with Crippen molar-refractivity contribution in [3.63, 3.8) is 0 Å². The molecule has 0 aliphatic heterocycles. The molecule has 14 heavy (non-hydrogen) atoms. The normalized spacial score (nSPS) is 11.4. The zero-order chi connectivity index (χ0) is 10.3. The molecule has 0 saturated carbocycles. The summed E-state index contributed by atoms with van der Waals surface area (Å²) in [6.45, 7) is 4.12. The molecule has 2 rings (SSSR count). The molecule has 0 aliphatic carbocycles. The van der Waals surface area contributed by atoms with Gasteiger partial charge in [-0.3, -0.25) is 4.68 Å². The zero-order valence-electron chi connectivity index (χ0n) is 8.16. The van der Waals surface area contributed by atoms with Crippen molar-refractivity contribution in [1.82, 2.24) is 9.78 Å². The SMILES string of the molecule is CC(C)n1nc(Cl)c2ccc(N)cc21. The number of nitrogens with zero attached hydrogens (tertiary/aromatic N) is 2. The van der Waals surface area contributed by atoms with Crippen LogP contribution in [0.5, 0.6) is 0 Å². The number of halogens is 1. The van der Waals surface area contributed by atoms with E-state index in [1.54, 1.807) is 0 Å². The number of rotatable bonds is 1. The molecule has 1 heterocycles. The average molecular weight is 210 g/mol. The molecule has 74 valence electrons. The number of hydrogen-bond acceptors (Lipinski definition) is 2. The third kappa shape index (κ3) is 1.34. The molecule has 0 bridgehead atoms. The van der Waals surface area contributed by atoms with Crippen LogP contribution < -0.4 is 5.73 Å². The highest BCUT2D eigenvalue weighted by Crippen LogP contribution is 2.26. The maximum absolute atomic E-state index is 6.00. The van der Waals surface area contributed by atoms with Crippen LogP contribution in [0.25, 0.3) is 10.9 Å². The fraction of sp³-hybridized carbons (Fsp3) is 0.300. The van der Waals surface area contributed by atoms with E-state index in [1.807, 2.05) is 22.9 Å². The molecule has 3 nitrogen and oxygen atoms in total. The summed E-state index contributed by atoms with van der Waals surface area (Å²) in [4.78, 5) is 0. The predicted octanol–water partition coefficient (Wildman–Crippen LogP) is 2.85. The molecular formula is C10H12ClN3. The smallest absolute Gasteiger partial charge is 0.158 e. The Morgan fingerprint density at radius 2 is 2.14 bits per heavy atom. The van der Waals surface area contributed by atoms with Crippen LogP contribution in [0.3, 0.4) is 0 Å². The van der Waals surface area contributed by atoms with E-state index in [9.17, 15) is 0 Å². The van der Waals surface area contributed by atoms with Gasteiger partial charge in [0.2, 0.25) is 0 Å². The van der Waals surface area contributed by atoms with E-state index < -0.39 is 0 Å². The molecule has 2 aromatic rings. The lowest BCUT2D eigenvalue weighted by molar-refractivity contribution is 0.551. The highest BCUT2D eigenvalue weighted by Gasteiger charge is 2.10. The average Bonchev–Trinajstić information content (AvgIpc) is 2.43. The molecule has 0 aliphatic rings. The standard InChI is InChI=1S/C10H12ClN3/c1-6(2)14-9-5-7(12)3-4-8(9)10(11)13-14/h3-6H,12H2,1-2H3. The van der Waals surface area contributed by atoms with Crippen molar-refractivity contribution in [3.05, 3.63) is 23.4 Å². The number of fused-ring (bicyclic) bond motifs is 1. The van der Waals surface area contributed by atoms with Crippen LogP contribution in [0.2, 0.25) is 5.15 Å². The van der Waals surface area contributed by atoms with Crippen LogP contribution >= 0.6 is 11.6 Å². The molecule has 0 amide bonds. The number of anilines is 1. The molecule has 2 N–H and O–H groups in total. The van der Waals surface area contributed by atoms with Crippen molar-refractivity contribution in [2.45, 2.75) is 19.9 Å². The Morgan fingerprint density at radius 1 is 1.43 bits per heavy atom. The van der Waals surface area contributed by atoms with Gasteiger partial charge in [-0.15, -0.1) is 0 Å². The summed E-state index contributed by atoms with van der Waals surface area (Å²) < 4.78 is 1.88. The summed E-state index contributed by atoms with van der Waals surface area (Å²) in [5, 5.41) is 5.75. The van der Waals surface area contributed by atoms with Gasteiger partial charge in [-0.25, -0.2) is 0 Å². The van der Waals surface area contributed by atoms with E-state index in [0.29, 0.717) is 5.15 Å². The van der Waals surface area contributed by atoms with Gasteiger partial charge in [-0.05, 0) is 32.0 Å². The first-order valence-electron chi connectivity index (χ1n) is 4.53. The molecule has 0 radical (unpaired) electrons. The number of aromatic nitrogens is 2. The number of benzene rings is 1. The Bertz CT molecular complexity index is 473. The summed E-state index contributed by atoms with van der Waals surface area (Å²) in [6.07, 6.45) is 0. The molecular weight excluding hydrogens is 198 g/mol. The van der Waals surface area contributed by atoms with E-state index in [0.717, 1.165) is 16.6 Å².